The summed E-state index contributed by atoms with van der Waals surface area (Å²) in [6.45, 7) is 6.56. The number of amides is 1. The number of hydrogen-bond donors (Lipinski definition) is 1. The molecule has 5 nitrogen and oxygen atoms in total. The van der Waals surface area contributed by atoms with Gasteiger partial charge in [-0.15, -0.1) is 0 Å². The summed E-state index contributed by atoms with van der Waals surface area (Å²) in [4.78, 5) is 20.2. The van der Waals surface area contributed by atoms with Gasteiger partial charge in [-0.25, -0.2) is 4.98 Å². The summed E-state index contributed by atoms with van der Waals surface area (Å²) in [6.07, 6.45) is 0. The topological polar surface area (TPSA) is 62.5 Å². The lowest BCUT2D eigenvalue weighted by Gasteiger charge is -2.35. The molecule has 2 rings (SSSR count). The number of hydrogen-bond acceptors (Lipinski definition) is 4. The Labute approximate surface area is 118 Å². The summed E-state index contributed by atoms with van der Waals surface area (Å²) in [6, 6.07) is 3.80. The number of nitrogens with zero attached hydrogens (tertiary/aromatic N) is 3. The zero-order chi connectivity index (χ0) is 14.0. The van der Waals surface area contributed by atoms with Gasteiger partial charge in [0.2, 0.25) is 5.91 Å². The van der Waals surface area contributed by atoms with Gasteiger partial charge in [0.1, 0.15) is 10.8 Å². The van der Waals surface area contributed by atoms with Crippen molar-refractivity contribution < 1.29 is 4.79 Å². The van der Waals surface area contributed by atoms with Gasteiger partial charge >= 0.3 is 0 Å². The van der Waals surface area contributed by atoms with Gasteiger partial charge in [-0.05, 0) is 19.1 Å². The van der Waals surface area contributed by atoms with Crippen molar-refractivity contribution in [3.63, 3.8) is 0 Å². The van der Waals surface area contributed by atoms with Gasteiger partial charge in [0.25, 0.3) is 0 Å². The van der Waals surface area contributed by atoms with Crippen LogP contribution in [0.25, 0.3) is 0 Å². The normalized spacial score (nSPS) is 15.5. The fraction of sp³-hybridized carbons (Fsp3) is 0.462. The third-order valence-corrected chi connectivity index (χ3v) is 3.51. The van der Waals surface area contributed by atoms with Crippen LogP contribution in [-0.2, 0) is 4.79 Å². The summed E-state index contributed by atoms with van der Waals surface area (Å²) in [7, 11) is 0. The third kappa shape index (κ3) is 3.20. The van der Waals surface area contributed by atoms with E-state index in [1.807, 2.05) is 24.0 Å². The molecule has 0 unspecified atom stereocenters. The van der Waals surface area contributed by atoms with Crippen LogP contribution in [-0.4, -0.2) is 47.0 Å². The van der Waals surface area contributed by atoms with E-state index in [-0.39, 0.29) is 5.91 Å². The molecule has 2 N–H and O–H groups in total. The molecule has 0 bridgehead atoms. The molecule has 6 heteroatoms. The molecule has 1 aliphatic heterocycles. The van der Waals surface area contributed by atoms with Crippen molar-refractivity contribution in [1.29, 1.82) is 0 Å². The van der Waals surface area contributed by atoms with Crippen molar-refractivity contribution in [2.45, 2.75) is 13.8 Å². The minimum absolute atomic E-state index is 0.126. The summed E-state index contributed by atoms with van der Waals surface area (Å²) in [5.74, 6) is 1.01. The third-order valence-electron chi connectivity index (χ3n) is 3.27. The number of thiocarbonyl (C=S) groups is 1. The van der Waals surface area contributed by atoms with Crippen molar-refractivity contribution in [3.8, 4) is 0 Å². The van der Waals surface area contributed by atoms with Gasteiger partial charge in [-0.2, -0.15) is 0 Å². The molecule has 0 atom stereocenters. The molecule has 0 aliphatic carbocycles. The van der Waals surface area contributed by atoms with E-state index in [1.165, 1.54) is 0 Å². The van der Waals surface area contributed by atoms with Gasteiger partial charge in [-0.1, -0.05) is 12.2 Å². The molecule has 1 aromatic heterocycles. The van der Waals surface area contributed by atoms with Crippen molar-refractivity contribution in [1.82, 2.24) is 9.88 Å². The second-order valence-corrected chi connectivity index (χ2v) is 5.15. The van der Waals surface area contributed by atoms with Crippen molar-refractivity contribution in [2.75, 3.05) is 31.1 Å². The summed E-state index contributed by atoms with van der Waals surface area (Å²) < 4.78 is 0. The van der Waals surface area contributed by atoms with Crippen LogP contribution in [0, 0.1) is 6.92 Å². The number of nitrogens with two attached hydrogens (primary N) is 1. The Morgan fingerprint density at radius 3 is 2.47 bits per heavy atom. The molecule has 102 valence electrons. The zero-order valence-electron chi connectivity index (χ0n) is 11.2. The van der Waals surface area contributed by atoms with Crippen LogP contribution in [0.1, 0.15) is 18.2 Å². The number of carbonyl (C=O) groups is 1. The molecule has 1 fully saturated rings. The Kier molecular flexibility index (Phi) is 3.99. The Morgan fingerprint density at radius 1 is 1.32 bits per heavy atom. The molecule has 0 aromatic carbocycles. The van der Waals surface area contributed by atoms with Crippen molar-refractivity contribution in [2.24, 2.45) is 5.73 Å². The Morgan fingerprint density at radius 2 is 1.95 bits per heavy atom. The minimum atomic E-state index is 0.126. The smallest absolute Gasteiger partial charge is 0.219 e. The van der Waals surface area contributed by atoms with E-state index in [1.54, 1.807) is 6.92 Å². The first-order valence-corrected chi connectivity index (χ1v) is 6.67. The second-order valence-electron chi connectivity index (χ2n) is 4.71. The molecule has 1 aliphatic rings. The Hall–Kier alpha value is -1.69. The predicted molar refractivity (Wildman–Crippen MR) is 79.3 cm³/mol. The predicted octanol–water partition coefficient (Wildman–Crippen LogP) is 0.693. The van der Waals surface area contributed by atoms with Gasteiger partial charge < -0.3 is 15.5 Å². The largest absolute Gasteiger partial charge is 0.389 e. The van der Waals surface area contributed by atoms with Gasteiger partial charge in [-0.3, -0.25) is 4.79 Å². The molecular formula is C13H18N4OS. The zero-order valence-corrected chi connectivity index (χ0v) is 12.0. The maximum Gasteiger partial charge on any atom is 0.219 e. The van der Waals surface area contributed by atoms with Crippen molar-refractivity contribution in [3.05, 3.63) is 23.4 Å². The van der Waals surface area contributed by atoms with Gasteiger partial charge in [0, 0.05) is 44.4 Å². The molecular weight excluding hydrogens is 260 g/mol. The maximum atomic E-state index is 11.3. The lowest BCUT2D eigenvalue weighted by molar-refractivity contribution is -0.129. The van der Waals surface area contributed by atoms with Crippen LogP contribution in [0.3, 0.4) is 0 Å². The summed E-state index contributed by atoms with van der Waals surface area (Å²) >= 11 is 5.01. The lowest BCUT2D eigenvalue weighted by atomic mass is 10.2. The van der Waals surface area contributed by atoms with Crippen LogP contribution >= 0.6 is 12.2 Å². The molecule has 0 spiro atoms. The fourth-order valence-electron chi connectivity index (χ4n) is 2.21. The van der Waals surface area contributed by atoms with E-state index in [2.05, 4.69) is 9.88 Å². The first-order chi connectivity index (χ1) is 8.97. The number of piperazine rings is 1. The monoisotopic (exact) mass is 278 g/mol. The van der Waals surface area contributed by atoms with Gasteiger partial charge in [0.05, 0.1) is 0 Å². The van der Waals surface area contributed by atoms with E-state index < -0.39 is 0 Å². The fourth-order valence-corrected chi connectivity index (χ4v) is 2.32. The Bertz CT molecular complexity index is 509. The van der Waals surface area contributed by atoms with Crippen LogP contribution in [0.15, 0.2) is 12.1 Å². The highest BCUT2D eigenvalue weighted by Crippen LogP contribution is 2.17. The number of aromatic nitrogens is 1. The molecule has 19 heavy (non-hydrogen) atoms. The van der Waals surface area contributed by atoms with Gasteiger partial charge in [0.15, 0.2) is 0 Å². The minimum Gasteiger partial charge on any atom is -0.389 e. The standard InChI is InChI=1S/C13H18N4OS/c1-9-7-11(13(14)19)8-12(15-9)17-5-3-16(4-6-17)10(2)18/h7-8H,3-6H2,1-2H3,(H2,14,19). The Balaban J connectivity index is 2.15. The highest BCUT2D eigenvalue weighted by Gasteiger charge is 2.20. The second kappa shape index (κ2) is 5.52. The first-order valence-electron chi connectivity index (χ1n) is 6.26. The highest BCUT2D eigenvalue weighted by atomic mass is 32.1. The van der Waals surface area contributed by atoms with E-state index in [0.29, 0.717) is 4.99 Å². The molecule has 1 aromatic rings. The summed E-state index contributed by atoms with van der Waals surface area (Å²) in [5, 5.41) is 0. The van der Waals surface area contributed by atoms with Crippen LogP contribution in [0.2, 0.25) is 0 Å². The number of pyridine rings is 1. The molecule has 0 saturated carbocycles. The number of aryl methyl sites for hydroxylation is 1. The highest BCUT2D eigenvalue weighted by molar-refractivity contribution is 7.80. The summed E-state index contributed by atoms with van der Waals surface area (Å²) in [5.41, 5.74) is 7.41. The number of rotatable bonds is 2. The van der Waals surface area contributed by atoms with E-state index >= 15 is 0 Å². The molecule has 0 radical (unpaired) electrons. The quantitative estimate of drug-likeness (QED) is 0.807. The van der Waals surface area contributed by atoms with E-state index in [9.17, 15) is 4.79 Å². The van der Waals surface area contributed by atoms with Crippen LogP contribution in [0.5, 0.6) is 0 Å². The van der Waals surface area contributed by atoms with Crippen LogP contribution < -0.4 is 10.6 Å². The SMILES string of the molecule is CC(=O)N1CCN(c2cc(C(N)=S)cc(C)n2)CC1. The van der Waals surface area contributed by atoms with Crippen LogP contribution in [0.4, 0.5) is 5.82 Å². The first kappa shape index (κ1) is 13.7. The average Bonchev–Trinajstić information content (AvgIpc) is 2.38. The average molecular weight is 278 g/mol. The lowest BCUT2D eigenvalue weighted by Crippen LogP contribution is -2.48. The molecule has 2 heterocycles. The molecule has 1 saturated heterocycles. The molecule has 1 amide bonds. The number of carbonyl (C=O) groups excluding carboxylic acids is 1. The number of anilines is 1. The van der Waals surface area contributed by atoms with E-state index in [0.717, 1.165) is 43.3 Å². The maximum absolute atomic E-state index is 11.3. The van der Waals surface area contributed by atoms with E-state index in [4.69, 9.17) is 18.0 Å². The van der Waals surface area contributed by atoms with Crippen molar-refractivity contribution >= 4 is 28.9 Å².